The molecule has 0 aliphatic heterocycles. The number of aromatic amines is 2. The lowest BCUT2D eigenvalue weighted by Crippen LogP contribution is -2.14. The van der Waals surface area contributed by atoms with Crippen molar-refractivity contribution in [2.24, 2.45) is 0 Å². The molecule has 0 aliphatic rings. The number of hydrogen-bond acceptors (Lipinski definition) is 7. The number of carbonyl (C=O) groups is 1. The van der Waals surface area contributed by atoms with Crippen LogP contribution in [0.1, 0.15) is 5.56 Å². The smallest absolute Gasteiger partial charge is 0.228 e. The molecule has 0 saturated heterocycles. The Balaban J connectivity index is 1.21. The highest BCUT2D eigenvalue weighted by Crippen LogP contribution is 2.31. The third kappa shape index (κ3) is 4.43. The maximum Gasteiger partial charge on any atom is 0.228 e. The fourth-order valence-corrected chi connectivity index (χ4v) is 4.63. The number of hydrogen-bond donors (Lipinski definition) is 3. The van der Waals surface area contributed by atoms with Gasteiger partial charge in [-0.2, -0.15) is 5.10 Å². The summed E-state index contributed by atoms with van der Waals surface area (Å²) in [6, 6.07) is 21.0. The Morgan fingerprint density at radius 1 is 0.825 bits per heavy atom. The molecule has 10 heteroatoms. The fourth-order valence-electron chi connectivity index (χ4n) is 4.63. The van der Waals surface area contributed by atoms with Crippen molar-refractivity contribution in [2.75, 3.05) is 5.32 Å². The van der Waals surface area contributed by atoms with Gasteiger partial charge in [-0.25, -0.2) is 9.97 Å². The van der Waals surface area contributed by atoms with Crippen LogP contribution in [0.2, 0.25) is 0 Å². The number of H-pyrrole nitrogens is 2. The van der Waals surface area contributed by atoms with E-state index in [1.54, 1.807) is 31.0 Å². The number of aromatic nitrogens is 8. The van der Waals surface area contributed by atoms with Gasteiger partial charge in [-0.1, -0.05) is 36.4 Å². The summed E-state index contributed by atoms with van der Waals surface area (Å²) in [6.07, 6.45) is 8.86. The summed E-state index contributed by atoms with van der Waals surface area (Å²) in [5.74, 6) is 0.478. The molecule has 6 aromatic heterocycles. The first-order chi connectivity index (χ1) is 19.7. The molecule has 6 heterocycles. The van der Waals surface area contributed by atoms with E-state index in [1.165, 1.54) is 0 Å². The van der Waals surface area contributed by atoms with E-state index in [0.717, 1.165) is 33.3 Å². The fraction of sp³-hybridized carbons (Fsp3) is 0.0333. The van der Waals surface area contributed by atoms with Crippen LogP contribution in [-0.4, -0.2) is 46.0 Å². The summed E-state index contributed by atoms with van der Waals surface area (Å²) in [6.45, 7) is 0. The SMILES string of the molecule is O=C(Cc1ccccc1)Nc1cncc(-c2cnc3[nH]nc(-c4nc5c(-c6ccccn6)nccc5[nH]4)c3c2)c1. The van der Waals surface area contributed by atoms with E-state index in [-0.39, 0.29) is 12.3 Å². The van der Waals surface area contributed by atoms with E-state index in [9.17, 15) is 4.79 Å². The quantitative estimate of drug-likeness (QED) is 0.272. The van der Waals surface area contributed by atoms with Crippen LogP contribution in [0.15, 0.2) is 97.7 Å². The molecule has 192 valence electrons. The van der Waals surface area contributed by atoms with Gasteiger partial charge in [0, 0.05) is 35.9 Å². The number of anilines is 1. The predicted octanol–water partition coefficient (Wildman–Crippen LogP) is 5.20. The third-order valence-electron chi connectivity index (χ3n) is 6.51. The Hall–Kier alpha value is -5.77. The van der Waals surface area contributed by atoms with Gasteiger partial charge in [0.25, 0.3) is 0 Å². The average Bonchev–Trinajstić information content (AvgIpc) is 3.62. The number of imidazole rings is 1. The number of pyridine rings is 4. The minimum absolute atomic E-state index is 0.111. The molecule has 0 spiro atoms. The molecule has 7 aromatic rings. The van der Waals surface area contributed by atoms with Crippen LogP contribution in [0.5, 0.6) is 0 Å². The zero-order chi connectivity index (χ0) is 26.9. The lowest BCUT2D eigenvalue weighted by molar-refractivity contribution is -0.115. The molecule has 0 aliphatic carbocycles. The van der Waals surface area contributed by atoms with Gasteiger partial charge >= 0.3 is 0 Å². The molecule has 0 bridgehead atoms. The van der Waals surface area contributed by atoms with Crippen LogP contribution < -0.4 is 5.32 Å². The zero-order valence-electron chi connectivity index (χ0n) is 21.0. The first-order valence-corrected chi connectivity index (χ1v) is 12.6. The van der Waals surface area contributed by atoms with Crippen LogP contribution in [0, 0.1) is 0 Å². The van der Waals surface area contributed by atoms with E-state index < -0.39 is 0 Å². The molecule has 0 atom stereocenters. The highest BCUT2D eigenvalue weighted by atomic mass is 16.1. The Kier molecular flexibility index (Phi) is 5.74. The second kappa shape index (κ2) is 9.84. The molecule has 0 saturated carbocycles. The van der Waals surface area contributed by atoms with Crippen molar-refractivity contribution in [3.8, 4) is 34.0 Å². The van der Waals surface area contributed by atoms with Gasteiger partial charge in [0.15, 0.2) is 11.5 Å². The standard InChI is InChI=1S/C30H21N9O/c40-25(12-18-6-2-1-3-7-18)35-21-13-19(15-31-17-21)20-14-22-26(38-39-29(22)34-16-20)30-36-24-9-11-33-27(28(24)37-30)23-8-4-5-10-32-23/h1-11,13-17H,12H2,(H,35,40)(H,36,37)(H,34,38,39). The molecular formula is C30H21N9O. The number of rotatable bonds is 6. The van der Waals surface area contributed by atoms with Crippen LogP contribution in [0.3, 0.4) is 0 Å². The number of nitrogens with zero attached hydrogens (tertiary/aromatic N) is 6. The topological polar surface area (TPSA) is 138 Å². The lowest BCUT2D eigenvalue weighted by Gasteiger charge is -2.07. The van der Waals surface area contributed by atoms with Gasteiger partial charge in [0.05, 0.1) is 34.9 Å². The molecular weight excluding hydrogens is 502 g/mol. The molecule has 1 aromatic carbocycles. The number of fused-ring (bicyclic) bond motifs is 2. The Morgan fingerprint density at radius 3 is 2.58 bits per heavy atom. The number of benzene rings is 1. The first-order valence-electron chi connectivity index (χ1n) is 12.6. The monoisotopic (exact) mass is 523 g/mol. The van der Waals surface area contributed by atoms with Crippen molar-refractivity contribution in [1.82, 2.24) is 40.1 Å². The first kappa shape index (κ1) is 23.4. The van der Waals surface area contributed by atoms with Gasteiger partial charge in [0.2, 0.25) is 5.91 Å². The van der Waals surface area contributed by atoms with Crippen molar-refractivity contribution in [1.29, 1.82) is 0 Å². The second-order valence-electron chi connectivity index (χ2n) is 9.22. The summed E-state index contributed by atoms with van der Waals surface area (Å²) >= 11 is 0. The number of carbonyl (C=O) groups excluding carboxylic acids is 1. The molecule has 0 radical (unpaired) electrons. The minimum atomic E-state index is -0.111. The van der Waals surface area contributed by atoms with Crippen molar-refractivity contribution in [2.45, 2.75) is 6.42 Å². The van der Waals surface area contributed by atoms with Gasteiger partial charge in [-0.3, -0.25) is 24.8 Å². The zero-order valence-corrected chi connectivity index (χ0v) is 21.0. The molecule has 10 nitrogen and oxygen atoms in total. The van der Waals surface area contributed by atoms with E-state index in [0.29, 0.717) is 34.1 Å². The Labute approximate surface area is 227 Å². The molecule has 0 fully saturated rings. The lowest BCUT2D eigenvalue weighted by atomic mass is 10.1. The molecule has 7 rings (SSSR count). The van der Waals surface area contributed by atoms with E-state index in [4.69, 9.17) is 4.98 Å². The Bertz CT molecular complexity index is 1980. The van der Waals surface area contributed by atoms with Gasteiger partial charge < -0.3 is 10.3 Å². The Morgan fingerprint density at radius 2 is 1.70 bits per heavy atom. The predicted molar refractivity (Wildman–Crippen MR) is 152 cm³/mol. The van der Waals surface area contributed by atoms with E-state index in [2.05, 4.69) is 40.4 Å². The van der Waals surface area contributed by atoms with Crippen LogP contribution in [-0.2, 0) is 11.2 Å². The summed E-state index contributed by atoms with van der Waals surface area (Å²) in [4.78, 5) is 38.6. The van der Waals surface area contributed by atoms with Crippen molar-refractivity contribution in [3.05, 3.63) is 103 Å². The van der Waals surface area contributed by atoms with Gasteiger partial charge in [0.1, 0.15) is 16.9 Å². The van der Waals surface area contributed by atoms with E-state index >= 15 is 0 Å². The van der Waals surface area contributed by atoms with E-state index in [1.807, 2.05) is 66.7 Å². The summed E-state index contributed by atoms with van der Waals surface area (Å²) in [5, 5.41) is 11.2. The van der Waals surface area contributed by atoms with Crippen LogP contribution in [0.4, 0.5) is 5.69 Å². The molecule has 40 heavy (non-hydrogen) atoms. The number of amides is 1. The highest BCUT2D eigenvalue weighted by Gasteiger charge is 2.17. The van der Waals surface area contributed by atoms with Gasteiger partial charge in [-0.05, 0) is 35.9 Å². The highest BCUT2D eigenvalue weighted by molar-refractivity contribution is 5.96. The maximum atomic E-state index is 12.6. The van der Waals surface area contributed by atoms with Crippen LogP contribution >= 0.6 is 0 Å². The van der Waals surface area contributed by atoms with Crippen molar-refractivity contribution in [3.63, 3.8) is 0 Å². The average molecular weight is 524 g/mol. The molecule has 0 unspecified atom stereocenters. The molecule has 3 N–H and O–H groups in total. The summed E-state index contributed by atoms with van der Waals surface area (Å²) in [7, 11) is 0. The third-order valence-corrected chi connectivity index (χ3v) is 6.51. The minimum Gasteiger partial charge on any atom is -0.336 e. The summed E-state index contributed by atoms with van der Waals surface area (Å²) in [5.41, 5.74) is 7.42. The molecule has 1 amide bonds. The summed E-state index contributed by atoms with van der Waals surface area (Å²) < 4.78 is 0. The normalized spacial score (nSPS) is 11.2. The second-order valence-corrected chi connectivity index (χ2v) is 9.22. The van der Waals surface area contributed by atoms with Crippen LogP contribution in [0.25, 0.3) is 56.1 Å². The van der Waals surface area contributed by atoms with Crippen molar-refractivity contribution < 1.29 is 4.79 Å². The van der Waals surface area contributed by atoms with Crippen molar-refractivity contribution >= 4 is 33.7 Å². The van der Waals surface area contributed by atoms with Gasteiger partial charge in [-0.15, -0.1) is 0 Å². The number of nitrogens with one attached hydrogen (secondary N) is 3. The maximum absolute atomic E-state index is 12.6. The largest absolute Gasteiger partial charge is 0.336 e.